The smallest absolute Gasteiger partial charge is 0.340 e. The van der Waals surface area contributed by atoms with Crippen molar-refractivity contribution in [3.05, 3.63) is 105 Å². The van der Waals surface area contributed by atoms with Crippen molar-refractivity contribution >= 4 is 58.7 Å². The predicted molar refractivity (Wildman–Crippen MR) is 150 cm³/mol. The van der Waals surface area contributed by atoms with Crippen LogP contribution in [-0.2, 0) is 30.5 Å². The fourth-order valence-corrected chi connectivity index (χ4v) is 4.84. The molecule has 0 saturated carbocycles. The lowest BCUT2D eigenvalue weighted by Crippen LogP contribution is -2.34. The van der Waals surface area contributed by atoms with E-state index in [0.29, 0.717) is 21.5 Å². The molecule has 1 aromatic heterocycles. The lowest BCUT2D eigenvalue weighted by atomic mass is 10.1. The van der Waals surface area contributed by atoms with Gasteiger partial charge >= 0.3 is 17.8 Å². The Balaban J connectivity index is 1.48. The van der Waals surface area contributed by atoms with E-state index in [-0.39, 0.29) is 41.1 Å². The van der Waals surface area contributed by atoms with Gasteiger partial charge in [-0.1, -0.05) is 53.5 Å². The zero-order valence-corrected chi connectivity index (χ0v) is 23.3. The van der Waals surface area contributed by atoms with Crippen LogP contribution in [-0.4, -0.2) is 35.7 Å². The highest BCUT2D eigenvalue weighted by atomic mass is 35.5. The molecule has 206 valence electrons. The van der Waals surface area contributed by atoms with Crippen LogP contribution in [0, 0.1) is 0 Å². The summed E-state index contributed by atoms with van der Waals surface area (Å²) in [5, 5.41) is 5.48. The summed E-state index contributed by atoms with van der Waals surface area (Å²) < 4.78 is 10.7. The van der Waals surface area contributed by atoms with E-state index in [9.17, 15) is 19.2 Å². The Kier molecular flexibility index (Phi) is 8.77. The SMILES string of the molecule is COC(=O)C1=C(C)N([C@@H](C)c2ccccc2)C(=O)/C1=C/c1ccc(CNC(=O)C(=O)Nc2cc(Cl)cc(Cl)c2)o1. The van der Waals surface area contributed by atoms with Crippen LogP contribution in [0.4, 0.5) is 5.69 Å². The van der Waals surface area contributed by atoms with Crippen molar-refractivity contribution in [2.75, 3.05) is 12.4 Å². The molecule has 0 unspecified atom stereocenters. The van der Waals surface area contributed by atoms with Gasteiger partial charge in [-0.2, -0.15) is 0 Å². The summed E-state index contributed by atoms with van der Waals surface area (Å²) in [6.45, 7) is 3.46. The summed E-state index contributed by atoms with van der Waals surface area (Å²) in [7, 11) is 1.25. The van der Waals surface area contributed by atoms with Gasteiger partial charge in [0.1, 0.15) is 11.5 Å². The number of anilines is 1. The van der Waals surface area contributed by atoms with E-state index in [0.717, 1.165) is 5.56 Å². The molecule has 0 saturated heterocycles. The Hall–Kier alpha value is -4.34. The van der Waals surface area contributed by atoms with Gasteiger partial charge in [0.2, 0.25) is 0 Å². The number of furan rings is 1. The molecule has 3 amide bonds. The average Bonchev–Trinajstić information content (AvgIpc) is 3.47. The highest BCUT2D eigenvalue weighted by molar-refractivity contribution is 6.40. The quantitative estimate of drug-likeness (QED) is 0.223. The monoisotopic (exact) mass is 581 g/mol. The third kappa shape index (κ3) is 6.27. The standard InChI is InChI=1S/C29H25Cl2N3O6/c1-16(18-7-5-4-6-8-18)34-17(2)25(29(38)39-3)24(28(34)37)14-22-9-10-23(40-22)15-32-26(35)27(36)33-21-12-19(30)11-20(31)13-21/h4-14,16H,15H2,1-3H3,(H,32,35)(H,33,36)/b24-14+/t16-/m0/s1. The summed E-state index contributed by atoms with van der Waals surface area (Å²) >= 11 is 11.8. The van der Waals surface area contributed by atoms with Gasteiger partial charge in [0, 0.05) is 21.4 Å². The molecule has 1 aliphatic heterocycles. The number of ether oxygens (including phenoxy) is 1. The topological polar surface area (TPSA) is 118 Å². The van der Waals surface area contributed by atoms with Gasteiger partial charge in [-0.15, -0.1) is 0 Å². The first-order valence-electron chi connectivity index (χ1n) is 12.1. The number of carbonyl (C=O) groups is 4. The van der Waals surface area contributed by atoms with Crippen LogP contribution in [0.3, 0.4) is 0 Å². The van der Waals surface area contributed by atoms with Crippen LogP contribution in [0.2, 0.25) is 10.0 Å². The van der Waals surface area contributed by atoms with E-state index in [1.165, 1.54) is 31.4 Å². The highest BCUT2D eigenvalue weighted by Gasteiger charge is 2.39. The van der Waals surface area contributed by atoms with Gasteiger partial charge < -0.3 is 24.7 Å². The number of carbonyl (C=O) groups excluding carboxylic acids is 4. The molecule has 0 aliphatic carbocycles. The molecule has 0 spiro atoms. The maximum absolute atomic E-state index is 13.5. The van der Waals surface area contributed by atoms with Crippen molar-refractivity contribution in [1.29, 1.82) is 0 Å². The molecule has 40 heavy (non-hydrogen) atoms. The van der Waals surface area contributed by atoms with Crippen molar-refractivity contribution < 1.29 is 28.3 Å². The zero-order valence-electron chi connectivity index (χ0n) is 21.8. The second-order valence-electron chi connectivity index (χ2n) is 8.87. The molecule has 0 radical (unpaired) electrons. The van der Waals surface area contributed by atoms with Crippen LogP contribution in [0.15, 0.2) is 81.9 Å². The third-order valence-corrected chi connectivity index (χ3v) is 6.66. The number of hydrogen-bond acceptors (Lipinski definition) is 6. The molecule has 2 N–H and O–H groups in total. The number of esters is 1. The van der Waals surface area contributed by atoms with Crippen LogP contribution >= 0.6 is 23.2 Å². The Labute approximate surface area is 240 Å². The van der Waals surface area contributed by atoms with E-state index in [2.05, 4.69) is 10.6 Å². The maximum atomic E-state index is 13.5. The minimum absolute atomic E-state index is 0.102. The summed E-state index contributed by atoms with van der Waals surface area (Å²) in [4.78, 5) is 52.2. The fraction of sp³-hybridized carbons (Fsp3) is 0.172. The van der Waals surface area contributed by atoms with E-state index >= 15 is 0 Å². The van der Waals surface area contributed by atoms with Gasteiger partial charge in [0.05, 0.1) is 30.8 Å². The van der Waals surface area contributed by atoms with Crippen LogP contribution in [0.25, 0.3) is 6.08 Å². The molecule has 2 heterocycles. The molecule has 0 fully saturated rings. The second-order valence-corrected chi connectivity index (χ2v) is 9.74. The molecule has 1 aliphatic rings. The predicted octanol–water partition coefficient (Wildman–Crippen LogP) is 5.28. The third-order valence-electron chi connectivity index (χ3n) is 6.22. The van der Waals surface area contributed by atoms with Crippen LogP contribution in [0.1, 0.15) is 37.0 Å². The number of halogens is 2. The van der Waals surface area contributed by atoms with Gasteiger partial charge in [0.25, 0.3) is 5.91 Å². The molecule has 1 atom stereocenters. The number of nitrogens with one attached hydrogen (secondary N) is 2. The fourth-order valence-electron chi connectivity index (χ4n) is 4.32. The molecule has 2 aromatic carbocycles. The summed E-state index contributed by atoms with van der Waals surface area (Å²) in [6.07, 6.45) is 1.46. The Morgan fingerprint density at radius 3 is 2.35 bits per heavy atom. The van der Waals surface area contributed by atoms with Gasteiger partial charge in [-0.05, 0) is 55.8 Å². The van der Waals surface area contributed by atoms with E-state index in [1.54, 1.807) is 24.0 Å². The Morgan fingerprint density at radius 1 is 1.02 bits per heavy atom. The number of allylic oxidation sites excluding steroid dienone is 1. The molecule has 4 rings (SSSR count). The number of benzene rings is 2. The average molecular weight is 582 g/mol. The van der Waals surface area contributed by atoms with E-state index in [4.69, 9.17) is 32.4 Å². The first kappa shape index (κ1) is 28.7. The minimum Gasteiger partial charge on any atom is -0.465 e. The van der Waals surface area contributed by atoms with Crippen molar-refractivity contribution in [2.45, 2.75) is 26.4 Å². The summed E-state index contributed by atoms with van der Waals surface area (Å²) in [5.74, 6) is -2.26. The molecule has 11 heteroatoms. The second kappa shape index (κ2) is 12.2. The van der Waals surface area contributed by atoms with E-state index < -0.39 is 17.8 Å². The Bertz CT molecular complexity index is 1520. The lowest BCUT2D eigenvalue weighted by molar-refractivity contribution is -0.136. The first-order valence-corrected chi connectivity index (χ1v) is 12.9. The molecule has 9 nitrogen and oxygen atoms in total. The number of amides is 3. The van der Waals surface area contributed by atoms with Gasteiger partial charge in [-0.25, -0.2) is 4.79 Å². The molecule has 0 bridgehead atoms. The zero-order chi connectivity index (χ0) is 29.0. The highest BCUT2D eigenvalue weighted by Crippen LogP contribution is 2.37. The number of rotatable bonds is 7. The Morgan fingerprint density at radius 2 is 1.70 bits per heavy atom. The normalized spacial score (nSPS) is 14.9. The van der Waals surface area contributed by atoms with Gasteiger partial charge in [0.15, 0.2) is 0 Å². The van der Waals surface area contributed by atoms with Crippen LogP contribution < -0.4 is 10.6 Å². The van der Waals surface area contributed by atoms with Gasteiger partial charge in [-0.3, -0.25) is 14.4 Å². The molecular weight excluding hydrogens is 557 g/mol. The van der Waals surface area contributed by atoms with Crippen molar-refractivity contribution in [3.63, 3.8) is 0 Å². The van der Waals surface area contributed by atoms with Crippen molar-refractivity contribution in [2.24, 2.45) is 0 Å². The molecule has 3 aromatic rings. The number of methoxy groups -OCH3 is 1. The maximum Gasteiger partial charge on any atom is 0.340 e. The molecular formula is C29H25Cl2N3O6. The summed E-state index contributed by atoms with van der Waals surface area (Å²) in [6, 6.07) is 16.7. The minimum atomic E-state index is -0.917. The van der Waals surface area contributed by atoms with Crippen molar-refractivity contribution in [3.8, 4) is 0 Å². The number of nitrogens with zero attached hydrogens (tertiary/aromatic N) is 1. The van der Waals surface area contributed by atoms with Crippen molar-refractivity contribution in [1.82, 2.24) is 10.2 Å². The van der Waals surface area contributed by atoms with Crippen LogP contribution in [0.5, 0.6) is 0 Å². The van der Waals surface area contributed by atoms with E-state index in [1.807, 2.05) is 37.3 Å². The number of hydrogen-bond donors (Lipinski definition) is 2. The lowest BCUT2D eigenvalue weighted by Gasteiger charge is -2.26. The summed E-state index contributed by atoms with van der Waals surface area (Å²) in [5.41, 5.74) is 1.90. The largest absolute Gasteiger partial charge is 0.465 e. The first-order chi connectivity index (χ1) is 19.1.